The minimum Gasteiger partial charge on any atom is -0.309 e. The Bertz CT molecular complexity index is 1300. The smallest absolute Gasteiger partial charge is 0.263 e. The summed E-state index contributed by atoms with van der Waals surface area (Å²) in [5.41, 5.74) is 2.73. The molecule has 1 saturated carbocycles. The number of carbonyl (C=O) groups excluding carboxylic acids is 1. The van der Waals surface area contributed by atoms with Crippen LogP contribution in [0.2, 0.25) is 0 Å². The van der Waals surface area contributed by atoms with Crippen molar-refractivity contribution < 1.29 is 13.2 Å². The molecule has 11 heteroatoms. The summed E-state index contributed by atoms with van der Waals surface area (Å²) in [5, 5.41) is 7.83. The second-order valence-corrected chi connectivity index (χ2v) is 11.3. The van der Waals surface area contributed by atoms with Crippen molar-refractivity contribution in [3.63, 3.8) is 0 Å². The Morgan fingerprint density at radius 1 is 1.30 bits per heavy atom. The minimum atomic E-state index is -3.72. The third-order valence-electron chi connectivity index (χ3n) is 6.95. The van der Waals surface area contributed by atoms with E-state index in [0.29, 0.717) is 36.8 Å². The van der Waals surface area contributed by atoms with Crippen LogP contribution in [0.15, 0.2) is 34.3 Å². The molecule has 0 unspecified atom stereocenters. The summed E-state index contributed by atoms with van der Waals surface area (Å²) in [6.07, 6.45) is 3.45. The summed E-state index contributed by atoms with van der Waals surface area (Å²) in [6.45, 7) is 7.23. The van der Waals surface area contributed by atoms with Gasteiger partial charge in [0, 0.05) is 24.2 Å². The van der Waals surface area contributed by atoms with Gasteiger partial charge in [-0.3, -0.25) is 19.4 Å². The molecule has 2 aromatic rings. The van der Waals surface area contributed by atoms with Crippen LogP contribution in [0, 0.1) is 0 Å². The molecule has 1 amide bonds. The molecule has 1 fully saturated rings. The topological polar surface area (TPSA) is 112 Å². The second kappa shape index (κ2) is 7.12. The summed E-state index contributed by atoms with van der Waals surface area (Å²) in [4.78, 5) is 22.2. The van der Waals surface area contributed by atoms with Gasteiger partial charge in [0.1, 0.15) is 0 Å². The quantitative estimate of drug-likeness (QED) is 0.677. The maximum atomic E-state index is 13.7. The Hall–Kier alpha value is -2.76. The maximum absolute atomic E-state index is 13.7. The first-order chi connectivity index (χ1) is 15.8. The predicted octanol–water partition coefficient (Wildman–Crippen LogP) is 1.04. The van der Waals surface area contributed by atoms with E-state index in [1.807, 2.05) is 22.7 Å². The first-order valence-electron chi connectivity index (χ1n) is 11.3. The average molecular weight is 470 g/mol. The summed E-state index contributed by atoms with van der Waals surface area (Å²) in [5.74, 6) is 0.371. The maximum Gasteiger partial charge on any atom is 0.263 e. The number of carbonyl (C=O) groups is 1. The van der Waals surface area contributed by atoms with Crippen LogP contribution in [0.3, 0.4) is 0 Å². The molecule has 1 aliphatic carbocycles. The lowest BCUT2D eigenvalue weighted by Gasteiger charge is -2.38. The molecule has 0 spiro atoms. The van der Waals surface area contributed by atoms with Crippen molar-refractivity contribution in [2.45, 2.75) is 62.8 Å². The first-order valence-corrected chi connectivity index (χ1v) is 12.8. The summed E-state index contributed by atoms with van der Waals surface area (Å²) in [7, 11) is -3.72. The number of guanidine groups is 1. The molecule has 10 nitrogen and oxygen atoms in total. The number of sulfonamides is 1. The number of benzene rings is 1. The zero-order valence-corrected chi connectivity index (χ0v) is 19.5. The lowest BCUT2D eigenvalue weighted by Crippen LogP contribution is -2.52. The summed E-state index contributed by atoms with van der Waals surface area (Å²) in [6, 6.07) is 4.90. The van der Waals surface area contributed by atoms with Gasteiger partial charge in [-0.15, -0.1) is 0 Å². The Balaban J connectivity index is 1.39. The third-order valence-corrected chi connectivity index (χ3v) is 8.58. The molecule has 174 valence electrons. The molecular weight excluding hydrogens is 442 g/mol. The van der Waals surface area contributed by atoms with Crippen molar-refractivity contribution in [3.8, 4) is 0 Å². The molecule has 6 rings (SSSR count). The number of rotatable bonds is 5. The number of nitrogens with one attached hydrogen (secondary N) is 2. The van der Waals surface area contributed by atoms with Gasteiger partial charge in [-0.1, -0.05) is 0 Å². The normalized spacial score (nSPS) is 23.2. The number of aliphatic imine (C=N–C) groups is 1. The van der Waals surface area contributed by atoms with Gasteiger partial charge < -0.3 is 10.2 Å². The van der Waals surface area contributed by atoms with Gasteiger partial charge in [-0.2, -0.15) is 5.10 Å². The number of anilines is 1. The number of amides is 1. The van der Waals surface area contributed by atoms with Gasteiger partial charge in [0.25, 0.3) is 5.91 Å². The first kappa shape index (κ1) is 20.8. The molecule has 1 aromatic heterocycles. The molecule has 4 heterocycles. The van der Waals surface area contributed by atoms with Crippen molar-refractivity contribution in [3.05, 3.63) is 41.2 Å². The van der Waals surface area contributed by atoms with Crippen molar-refractivity contribution in [2.24, 2.45) is 4.99 Å². The molecule has 33 heavy (non-hydrogen) atoms. The highest BCUT2D eigenvalue weighted by atomic mass is 32.2. The molecule has 0 saturated heterocycles. The standard InChI is InChI=1S/C22H27N7O3S/c1-14-10-24-21-27(13-15-11-25-28-8-7-23-12-19(15)28)20(30)17-9-16(3-4-18(17)29(14)21)33(31,32)26-22(2)5-6-22/h3-4,9,11,14,23,26H,5-8,10,12-13H2,1-2H3/t14-/m1/s1. The highest BCUT2D eigenvalue weighted by molar-refractivity contribution is 7.89. The lowest BCUT2D eigenvalue weighted by molar-refractivity contribution is 0.0832. The van der Waals surface area contributed by atoms with E-state index in [1.54, 1.807) is 17.0 Å². The van der Waals surface area contributed by atoms with Crippen molar-refractivity contribution in [2.75, 3.05) is 18.0 Å². The number of nitrogens with zero attached hydrogens (tertiary/aromatic N) is 5. The van der Waals surface area contributed by atoms with Crippen LogP contribution < -0.4 is 14.9 Å². The SMILES string of the molecule is C[C@@H]1CN=C2N(Cc3cnn4c3CNCC4)C(=O)c3cc(S(=O)(=O)NC4(C)CC4)ccc3N21. The Morgan fingerprint density at radius 3 is 2.91 bits per heavy atom. The third kappa shape index (κ3) is 3.37. The van der Waals surface area contributed by atoms with Crippen LogP contribution in [0.1, 0.15) is 48.3 Å². The Labute approximate surface area is 192 Å². The van der Waals surface area contributed by atoms with Crippen LogP contribution in [0.25, 0.3) is 0 Å². The molecule has 1 atom stereocenters. The van der Waals surface area contributed by atoms with E-state index in [9.17, 15) is 13.2 Å². The fraction of sp³-hybridized carbons (Fsp3) is 0.500. The minimum absolute atomic E-state index is 0.0723. The number of aromatic nitrogens is 2. The monoisotopic (exact) mass is 469 g/mol. The number of hydrogen-bond donors (Lipinski definition) is 2. The van der Waals surface area contributed by atoms with Gasteiger partial charge in [0.15, 0.2) is 0 Å². The molecule has 1 aromatic carbocycles. The second-order valence-electron chi connectivity index (χ2n) is 9.61. The Morgan fingerprint density at radius 2 is 2.12 bits per heavy atom. The number of fused-ring (bicyclic) bond motifs is 4. The Kier molecular flexibility index (Phi) is 4.49. The fourth-order valence-corrected chi connectivity index (χ4v) is 6.28. The zero-order chi connectivity index (χ0) is 23.0. The lowest BCUT2D eigenvalue weighted by atomic mass is 10.1. The van der Waals surface area contributed by atoms with Gasteiger partial charge in [-0.05, 0) is 44.9 Å². The molecule has 0 radical (unpaired) electrons. The van der Waals surface area contributed by atoms with Crippen LogP contribution in [0.4, 0.5) is 5.69 Å². The summed E-state index contributed by atoms with van der Waals surface area (Å²) >= 11 is 0. The molecular formula is C22H27N7O3S. The zero-order valence-electron chi connectivity index (χ0n) is 18.7. The van der Waals surface area contributed by atoms with Gasteiger partial charge in [0.05, 0.1) is 53.7 Å². The van der Waals surface area contributed by atoms with E-state index in [1.165, 1.54) is 6.07 Å². The fourth-order valence-electron chi connectivity index (χ4n) is 4.79. The summed E-state index contributed by atoms with van der Waals surface area (Å²) < 4.78 is 30.7. The molecule has 4 aliphatic rings. The van der Waals surface area contributed by atoms with E-state index < -0.39 is 10.0 Å². The van der Waals surface area contributed by atoms with E-state index >= 15 is 0 Å². The van der Waals surface area contributed by atoms with E-state index in [-0.39, 0.29) is 22.4 Å². The van der Waals surface area contributed by atoms with Gasteiger partial charge in [-0.25, -0.2) is 13.1 Å². The largest absolute Gasteiger partial charge is 0.309 e. The van der Waals surface area contributed by atoms with Crippen molar-refractivity contribution in [1.29, 1.82) is 0 Å². The molecule has 0 bridgehead atoms. The molecule has 3 aliphatic heterocycles. The van der Waals surface area contributed by atoms with Gasteiger partial charge in [0.2, 0.25) is 16.0 Å². The van der Waals surface area contributed by atoms with Crippen LogP contribution >= 0.6 is 0 Å². The highest BCUT2D eigenvalue weighted by Gasteiger charge is 2.43. The average Bonchev–Trinajstić information content (AvgIpc) is 3.18. The van der Waals surface area contributed by atoms with Crippen LogP contribution in [-0.2, 0) is 29.7 Å². The van der Waals surface area contributed by atoms with Crippen LogP contribution in [0.5, 0.6) is 0 Å². The van der Waals surface area contributed by atoms with E-state index in [2.05, 4.69) is 27.1 Å². The van der Waals surface area contributed by atoms with Crippen LogP contribution in [-0.4, -0.2) is 59.6 Å². The molecule has 2 N–H and O–H groups in total. The van der Waals surface area contributed by atoms with E-state index in [0.717, 1.165) is 37.2 Å². The highest BCUT2D eigenvalue weighted by Crippen LogP contribution is 2.38. The number of hydrogen-bond acceptors (Lipinski definition) is 7. The van der Waals surface area contributed by atoms with Gasteiger partial charge >= 0.3 is 0 Å². The predicted molar refractivity (Wildman–Crippen MR) is 122 cm³/mol. The van der Waals surface area contributed by atoms with Crippen molar-refractivity contribution in [1.82, 2.24) is 24.7 Å². The van der Waals surface area contributed by atoms with E-state index in [4.69, 9.17) is 0 Å². The van der Waals surface area contributed by atoms with Crippen molar-refractivity contribution >= 4 is 27.6 Å².